The van der Waals surface area contributed by atoms with E-state index >= 15 is 0 Å². The second-order valence-corrected chi connectivity index (χ2v) is 12.5. The first kappa shape index (κ1) is 22.5. The molecule has 1 spiro atoms. The third kappa shape index (κ3) is 3.24. The summed E-state index contributed by atoms with van der Waals surface area (Å²) in [5.41, 5.74) is 3.71. The van der Waals surface area contributed by atoms with E-state index in [-0.39, 0.29) is 23.8 Å². The lowest BCUT2D eigenvalue weighted by molar-refractivity contribution is -0.201. The van der Waals surface area contributed by atoms with Gasteiger partial charge in [0.2, 0.25) is 11.8 Å². The van der Waals surface area contributed by atoms with Gasteiger partial charge in [-0.2, -0.15) is 0 Å². The first-order chi connectivity index (χ1) is 17.5. The van der Waals surface area contributed by atoms with Crippen molar-refractivity contribution in [3.8, 4) is 0 Å². The number of nitrogens with zero attached hydrogens (tertiary/aromatic N) is 2. The summed E-state index contributed by atoms with van der Waals surface area (Å²) >= 11 is 0. The molecule has 2 aromatic rings. The van der Waals surface area contributed by atoms with Gasteiger partial charge in [0.15, 0.2) is 0 Å². The van der Waals surface area contributed by atoms with Gasteiger partial charge in [-0.1, -0.05) is 60.7 Å². The monoisotopic (exact) mass is 483 g/mol. The van der Waals surface area contributed by atoms with Crippen LogP contribution in [0.1, 0.15) is 49.7 Å². The zero-order valence-electron chi connectivity index (χ0n) is 21.1. The highest BCUT2D eigenvalue weighted by atomic mass is 16.2. The molecule has 2 aromatic carbocycles. The summed E-state index contributed by atoms with van der Waals surface area (Å²) < 4.78 is 0. The molecule has 4 aliphatic carbocycles. The third-order valence-corrected chi connectivity index (χ3v) is 10.8. The first-order valence-corrected chi connectivity index (χ1v) is 13.9. The van der Waals surface area contributed by atoms with Crippen molar-refractivity contribution >= 4 is 11.8 Å². The quantitative estimate of drug-likeness (QED) is 0.648. The molecule has 1 N–H and O–H groups in total. The molecule has 5 nitrogen and oxygen atoms in total. The third-order valence-electron chi connectivity index (χ3n) is 10.8. The predicted molar refractivity (Wildman–Crippen MR) is 139 cm³/mol. The van der Waals surface area contributed by atoms with Crippen molar-refractivity contribution < 1.29 is 9.59 Å². The Bertz CT molecular complexity index is 1160. The maximum absolute atomic E-state index is 13.1. The van der Waals surface area contributed by atoms with Crippen molar-refractivity contribution in [2.45, 2.75) is 50.5 Å². The van der Waals surface area contributed by atoms with E-state index in [2.05, 4.69) is 64.8 Å². The Morgan fingerprint density at radius 1 is 0.861 bits per heavy atom. The topological polar surface area (TPSA) is 52.7 Å². The van der Waals surface area contributed by atoms with E-state index in [0.717, 1.165) is 51.0 Å². The van der Waals surface area contributed by atoms with Crippen molar-refractivity contribution in [2.24, 2.45) is 22.7 Å². The second-order valence-electron chi connectivity index (χ2n) is 12.5. The number of benzene rings is 2. The summed E-state index contributed by atoms with van der Waals surface area (Å²) in [6, 6.07) is 21.6. The molecular formula is C31H37N3O2. The number of amides is 2. The van der Waals surface area contributed by atoms with Gasteiger partial charge in [0, 0.05) is 44.6 Å². The van der Waals surface area contributed by atoms with Crippen molar-refractivity contribution in [3.05, 3.63) is 71.8 Å². The van der Waals surface area contributed by atoms with Crippen LogP contribution in [0.3, 0.4) is 0 Å². The Morgan fingerprint density at radius 3 is 2.28 bits per heavy atom. The molecule has 2 amide bonds. The summed E-state index contributed by atoms with van der Waals surface area (Å²) in [6.07, 6.45) is 6.85. The highest BCUT2D eigenvalue weighted by Gasteiger charge is 2.83. The molecule has 0 radical (unpaired) electrons. The zero-order chi connectivity index (χ0) is 24.4. The van der Waals surface area contributed by atoms with Crippen LogP contribution in [0.25, 0.3) is 0 Å². The van der Waals surface area contributed by atoms with Crippen molar-refractivity contribution in [1.82, 2.24) is 15.1 Å². The standard InChI is InChI=1S/C31H37N3O2/c35-27(32-19-28(36)34-13-11-33(12-14-34)20-23-7-3-1-4-8-23)18-29-16-25-15-26-17-30(21-29,31(25,26)22-29)24-9-5-2-6-10-24/h1-10,25-26H,11-22H2,(H,32,35). The molecule has 4 saturated carbocycles. The van der Waals surface area contributed by atoms with Crippen LogP contribution in [0.4, 0.5) is 0 Å². The van der Waals surface area contributed by atoms with Crippen LogP contribution in [0, 0.1) is 22.7 Å². The summed E-state index contributed by atoms with van der Waals surface area (Å²) in [6.45, 7) is 4.28. The molecule has 5 unspecified atom stereocenters. The normalized spacial score (nSPS) is 36.1. The van der Waals surface area contributed by atoms with E-state index in [0.29, 0.717) is 17.3 Å². The smallest absolute Gasteiger partial charge is 0.242 e. The summed E-state index contributed by atoms with van der Waals surface area (Å²) in [5.74, 6) is 1.80. The minimum Gasteiger partial charge on any atom is -0.347 e. The largest absolute Gasteiger partial charge is 0.347 e. The molecule has 36 heavy (non-hydrogen) atoms. The summed E-state index contributed by atoms with van der Waals surface area (Å²) in [5, 5.41) is 3.02. The molecule has 1 heterocycles. The molecule has 7 rings (SSSR count). The Kier molecular flexibility index (Phi) is 5.12. The number of nitrogens with one attached hydrogen (secondary N) is 1. The van der Waals surface area contributed by atoms with Crippen LogP contribution in [0.15, 0.2) is 60.7 Å². The Labute approximate surface area is 214 Å². The molecule has 0 aromatic heterocycles. The molecule has 5 atom stereocenters. The number of fused-ring (bicyclic) bond motifs is 1. The summed E-state index contributed by atoms with van der Waals surface area (Å²) in [4.78, 5) is 30.3. The number of hydrogen-bond donors (Lipinski definition) is 1. The predicted octanol–water partition coefficient (Wildman–Crippen LogP) is 3.99. The van der Waals surface area contributed by atoms with Gasteiger partial charge in [-0.3, -0.25) is 14.5 Å². The fraction of sp³-hybridized carbons (Fsp3) is 0.548. The van der Waals surface area contributed by atoms with Gasteiger partial charge in [0.05, 0.1) is 6.54 Å². The molecule has 1 saturated heterocycles. The molecule has 5 heteroatoms. The van der Waals surface area contributed by atoms with Crippen molar-refractivity contribution in [1.29, 1.82) is 0 Å². The lowest BCUT2D eigenvalue weighted by Gasteiger charge is -2.73. The second kappa shape index (κ2) is 8.17. The average Bonchev–Trinajstić information content (AvgIpc) is 3.34. The van der Waals surface area contributed by atoms with Crippen molar-refractivity contribution in [2.75, 3.05) is 32.7 Å². The fourth-order valence-electron chi connectivity index (χ4n) is 9.54. The molecular weight excluding hydrogens is 446 g/mol. The summed E-state index contributed by atoms with van der Waals surface area (Å²) in [7, 11) is 0. The minimum absolute atomic E-state index is 0.0533. The number of carbonyl (C=O) groups excluding carboxylic acids is 2. The van der Waals surface area contributed by atoms with Crippen LogP contribution < -0.4 is 5.32 Å². The number of rotatable bonds is 7. The maximum Gasteiger partial charge on any atom is 0.242 e. The van der Waals surface area contributed by atoms with Crippen LogP contribution >= 0.6 is 0 Å². The van der Waals surface area contributed by atoms with Gasteiger partial charge in [-0.25, -0.2) is 0 Å². The molecule has 5 fully saturated rings. The fourth-order valence-corrected chi connectivity index (χ4v) is 9.54. The lowest BCUT2D eigenvalue weighted by Crippen LogP contribution is -2.69. The minimum atomic E-state index is 0.0533. The van der Waals surface area contributed by atoms with Gasteiger partial charge in [0.1, 0.15) is 0 Å². The van der Waals surface area contributed by atoms with Crippen LogP contribution in [-0.2, 0) is 21.5 Å². The highest BCUT2D eigenvalue weighted by molar-refractivity contribution is 5.85. The molecule has 188 valence electrons. The number of piperazine rings is 1. The lowest BCUT2D eigenvalue weighted by atomic mass is 9.30. The van der Waals surface area contributed by atoms with E-state index in [1.54, 1.807) is 0 Å². The highest BCUT2D eigenvalue weighted by Crippen LogP contribution is 2.89. The van der Waals surface area contributed by atoms with E-state index in [4.69, 9.17) is 0 Å². The van der Waals surface area contributed by atoms with Crippen LogP contribution in [-0.4, -0.2) is 54.3 Å². The van der Waals surface area contributed by atoms with E-state index < -0.39 is 0 Å². The molecule has 2 bridgehead atoms. The van der Waals surface area contributed by atoms with Crippen LogP contribution in [0.5, 0.6) is 0 Å². The van der Waals surface area contributed by atoms with Gasteiger partial charge < -0.3 is 10.2 Å². The molecule has 5 aliphatic rings. The van der Waals surface area contributed by atoms with Gasteiger partial charge in [-0.15, -0.1) is 0 Å². The van der Waals surface area contributed by atoms with Gasteiger partial charge in [0.25, 0.3) is 0 Å². The van der Waals surface area contributed by atoms with Crippen molar-refractivity contribution in [3.63, 3.8) is 0 Å². The van der Waals surface area contributed by atoms with E-state index in [9.17, 15) is 9.59 Å². The molecule has 1 aliphatic heterocycles. The Morgan fingerprint density at radius 2 is 1.56 bits per heavy atom. The van der Waals surface area contributed by atoms with E-state index in [1.165, 1.54) is 36.8 Å². The first-order valence-electron chi connectivity index (χ1n) is 13.9. The Hall–Kier alpha value is -2.66. The SMILES string of the molecule is O=C(CC12CC3CC4CC(c5ccccc5)(C1)C34C2)NCC(=O)N1CCN(Cc2ccccc2)CC1. The zero-order valence-corrected chi connectivity index (χ0v) is 21.1. The maximum atomic E-state index is 13.1. The van der Waals surface area contributed by atoms with Crippen LogP contribution in [0.2, 0.25) is 0 Å². The average molecular weight is 484 g/mol. The number of hydrogen-bond acceptors (Lipinski definition) is 3. The van der Waals surface area contributed by atoms with Gasteiger partial charge in [-0.05, 0) is 65.9 Å². The van der Waals surface area contributed by atoms with Gasteiger partial charge >= 0.3 is 0 Å². The Balaban J connectivity index is 0.929. The number of carbonyl (C=O) groups is 2. The van der Waals surface area contributed by atoms with E-state index in [1.807, 2.05) is 11.0 Å².